The van der Waals surface area contributed by atoms with Gasteiger partial charge in [0.2, 0.25) is 0 Å². The summed E-state index contributed by atoms with van der Waals surface area (Å²) in [4.78, 5) is 24.9. The maximum absolute atomic E-state index is 12.8. The Bertz CT molecular complexity index is 1230. The molecule has 0 amide bonds. The van der Waals surface area contributed by atoms with E-state index in [1.807, 2.05) is 24.3 Å². The van der Waals surface area contributed by atoms with Crippen LogP contribution in [-0.2, 0) is 22.1 Å². The van der Waals surface area contributed by atoms with E-state index in [1.165, 1.54) is 12.1 Å². The van der Waals surface area contributed by atoms with Crippen LogP contribution in [0.3, 0.4) is 0 Å². The maximum Gasteiger partial charge on any atom is 0.416 e. The van der Waals surface area contributed by atoms with Crippen LogP contribution in [0.25, 0.3) is 11.1 Å². The predicted octanol–water partition coefficient (Wildman–Crippen LogP) is 7.22. The highest BCUT2D eigenvalue weighted by Gasteiger charge is 2.32. The summed E-state index contributed by atoms with van der Waals surface area (Å²) in [5, 5.41) is 0. The Hall–Kier alpha value is -3.61. The fourth-order valence-corrected chi connectivity index (χ4v) is 3.72. The molecular formula is C29H29F3O4. The van der Waals surface area contributed by atoms with E-state index in [4.69, 9.17) is 9.47 Å². The molecule has 3 rings (SSSR count). The number of carbonyl (C=O) groups is 2. The summed E-state index contributed by atoms with van der Waals surface area (Å²) >= 11 is 0. The number of carbonyl (C=O) groups excluding carboxylic acids is 2. The molecule has 0 aliphatic rings. The minimum absolute atomic E-state index is 0.0470. The number of halogens is 3. The molecule has 0 heterocycles. The molecule has 0 atom stereocenters. The van der Waals surface area contributed by atoms with Gasteiger partial charge >= 0.3 is 12.1 Å². The van der Waals surface area contributed by atoms with E-state index in [2.05, 4.69) is 0 Å². The second-order valence-electron chi connectivity index (χ2n) is 9.01. The lowest BCUT2D eigenvalue weighted by molar-refractivity contribution is -0.158. The van der Waals surface area contributed by atoms with Crippen LogP contribution in [0, 0.1) is 6.92 Å². The van der Waals surface area contributed by atoms with Gasteiger partial charge in [0.15, 0.2) is 11.4 Å². The minimum atomic E-state index is -4.37. The van der Waals surface area contributed by atoms with Crippen molar-refractivity contribution in [2.75, 3.05) is 6.61 Å². The second-order valence-corrected chi connectivity index (χ2v) is 9.01. The summed E-state index contributed by atoms with van der Waals surface area (Å²) in [6.07, 6.45) is -3.62. The molecular weight excluding hydrogens is 469 g/mol. The fraction of sp³-hybridized carbons (Fsp3) is 0.310. The Labute approximate surface area is 209 Å². The molecule has 0 saturated heterocycles. The quantitative estimate of drug-likeness (QED) is 0.231. The Kier molecular flexibility index (Phi) is 8.23. The Morgan fingerprint density at radius 3 is 2.19 bits per heavy atom. The zero-order chi connectivity index (χ0) is 26.5. The number of hydrogen-bond acceptors (Lipinski definition) is 4. The van der Waals surface area contributed by atoms with Gasteiger partial charge in [-0.2, -0.15) is 13.2 Å². The van der Waals surface area contributed by atoms with Crippen molar-refractivity contribution in [3.05, 3.63) is 89.0 Å². The Morgan fingerprint density at radius 2 is 1.58 bits per heavy atom. The van der Waals surface area contributed by atoms with Crippen LogP contribution < -0.4 is 4.74 Å². The molecule has 7 heteroatoms. The van der Waals surface area contributed by atoms with Crippen molar-refractivity contribution in [3.8, 4) is 16.9 Å². The predicted molar refractivity (Wildman–Crippen MR) is 132 cm³/mol. The number of esters is 1. The van der Waals surface area contributed by atoms with E-state index < -0.39 is 23.3 Å². The van der Waals surface area contributed by atoms with Gasteiger partial charge in [-0.3, -0.25) is 4.79 Å². The summed E-state index contributed by atoms with van der Waals surface area (Å²) in [5.74, 6) is -0.0221. The van der Waals surface area contributed by atoms with Gasteiger partial charge in [-0.05, 0) is 86.7 Å². The topological polar surface area (TPSA) is 52.6 Å². The van der Waals surface area contributed by atoms with Crippen LogP contribution in [0.4, 0.5) is 13.2 Å². The van der Waals surface area contributed by atoms with Crippen molar-refractivity contribution in [1.82, 2.24) is 0 Å². The van der Waals surface area contributed by atoms with Crippen molar-refractivity contribution < 1.29 is 32.2 Å². The van der Waals surface area contributed by atoms with Crippen LogP contribution in [0.5, 0.6) is 5.75 Å². The highest BCUT2D eigenvalue weighted by Crippen LogP contribution is 2.31. The fourth-order valence-electron chi connectivity index (χ4n) is 3.72. The van der Waals surface area contributed by atoms with E-state index >= 15 is 0 Å². The number of rotatable bonds is 9. The first kappa shape index (κ1) is 27.0. The molecule has 0 radical (unpaired) electrons. The van der Waals surface area contributed by atoms with Gasteiger partial charge in [-0.1, -0.05) is 36.4 Å². The average molecular weight is 499 g/mol. The molecule has 0 aliphatic carbocycles. The number of alkyl halides is 3. The highest BCUT2D eigenvalue weighted by molar-refractivity contribution is 5.96. The zero-order valence-corrected chi connectivity index (χ0v) is 20.7. The lowest BCUT2D eigenvalue weighted by Crippen LogP contribution is -2.39. The Morgan fingerprint density at radius 1 is 0.889 bits per heavy atom. The third kappa shape index (κ3) is 6.74. The van der Waals surface area contributed by atoms with E-state index in [1.54, 1.807) is 45.9 Å². The summed E-state index contributed by atoms with van der Waals surface area (Å²) in [5.41, 5.74) is 1.78. The van der Waals surface area contributed by atoms with Crippen LogP contribution >= 0.6 is 0 Å². The first-order valence-electron chi connectivity index (χ1n) is 11.7. The zero-order valence-electron chi connectivity index (χ0n) is 20.7. The van der Waals surface area contributed by atoms with Gasteiger partial charge in [0.1, 0.15) is 5.75 Å². The van der Waals surface area contributed by atoms with Crippen LogP contribution in [0.1, 0.15) is 54.2 Å². The standard InChI is InChI=1S/C29H29F3O4/c1-5-35-27(34)28(3,4)36-26-16-12-23(17-19(26)2)25(33)15-9-20-7-6-8-22(18-20)21-10-13-24(14-11-21)29(30,31)32/h6-8,10-14,16-18H,5,9,15H2,1-4H3. The molecule has 0 aromatic heterocycles. The molecule has 0 fully saturated rings. The molecule has 0 N–H and O–H groups in total. The third-order valence-electron chi connectivity index (χ3n) is 5.74. The maximum atomic E-state index is 12.8. The summed E-state index contributed by atoms with van der Waals surface area (Å²) in [6, 6.07) is 17.5. The molecule has 4 nitrogen and oxygen atoms in total. The molecule has 0 unspecified atom stereocenters. The number of hydrogen-bond donors (Lipinski definition) is 0. The van der Waals surface area contributed by atoms with Crippen LogP contribution in [0.15, 0.2) is 66.7 Å². The first-order valence-corrected chi connectivity index (χ1v) is 11.7. The largest absolute Gasteiger partial charge is 0.476 e. The molecule has 3 aromatic carbocycles. The minimum Gasteiger partial charge on any atom is -0.476 e. The number of Topliss-reactive ketones (excluding diaryl/α,β-unsaturated/α-hetero) is 1. The van der Waals surface area contributed by atoms with E-state index in [0.29, 0.717) is 23.3 Å². The highest BCUT2D eigenvalue weighted by atomic mass is 19.4. The summed E-state index contributed by atoms with van der Waals surface area (Å²) in [7, 11) is 0. The molecule has 36 heavy (non-hydrogen) atoms. The molecule has 0 saturated carbocycles. The SMILES string of the molecule is CCOC(=O)C(C)(C)Oc1ccc(C(=O)CCc2cccc(-c3ccc(C(F)(F)F)cc3)c2)cc1C. The molecule has 0 aliphatic heterocycles. The third-order valence-corrected chi connectivity index (χ3v) is 5.74. The first-order chi connectivity index (χ1) is 16.9. The van der Waals surface area contributed by atoms with Crippen molar-refractivity contribution in [1.29, 1.82) is 0 Å². The van der Waals surface area contributed by atoms with Crippen LogP contribution in [-0.4, -0.2) is 24.0 Å². The molecule has 3 aromatic rings. The summed E-state index contributed by atoms with van der Waals surface area (Å²) in [6.45, 7) is 7.04. The van der Waals surface area contributed by atoms with Gasteiger partial charge in [0.05, 0.1) is 12.2 Å². The van der Waals surface area contributed by atoms with Crippen molar-refractivity contribution >= 4 is 11.8 Å². The van der Waals surface area contributed by atoms with E-state index in [0.717, 1.165) is 28.8 Å². The van der Waals surface area contributed by atoms with E-state index in [-0.39, 0.29) is 18.8 Å². The van der Waals surface area contributed by atoms with Gasteiger partial charge < -0.3 is 9.47 Å². The van der Waals surface area contributed by atoms with Gasteiger partial charge in [0.25, 0.3) is 0 Å². The van der Waals surface area contributed by atoms with Crippen molar-refractivity contribution in [2.45, 2.75) is 52.3 Å². The summed E-state index contributed by atoms with van der Waals surface area (Å²) < 4.78 is 49.4. The lowest BCUT2D eigenvalue weighted by Gasteiger charge is -2.25. The number of ketones is 1. The van der Waals surface area contributed by atoms with Gasteiger partial charge in [0, 0.05) is 12.0 Å². The monoisotopic (exact) mass is 498 g/mol. The van der Waals surface area contributed by atoms with Crippen molar-refractivity contribution in [2.24, 2.45) is 0 Å². The molecule has 0 spiro atoms. The second kappa shape index (κ2) is 11.0. The number of benzene rings is 3. The molecule has 0 bridgehead atoms. The van der Waals surface area contributed by atoms with Gasteiger partial charge in [-0.15, -0.1) is 0 Å². The number of ether oxygens (including phenoxy) is 2. The lowest BCUT2D eigenvalue weighted by atomic mass is 9.97. The van der Waals surface area contributed by atoms with Crippen LogP contribution in [0.2, 0.25) is 0 Å². The normalized spacial score (nSPS) is 11.8. The smallest absolute Gasteiger partial charge is 0.416 e. The average Bonchev–Trinajstić information content (AvgIpc) is 2.83. The number of aryl methyl sites for hydroxylation is 2. The van der Waals surface area contributed by atoms with E-state index in [9.17, 15) is 22.8 Å². The van der Waals surface area contributed by atoms with Crippen molar-refractivity contribution in [3.63, 3.8) is 0 Å². The Balaban J connectivity index is 1.66. The molecule has 190 valence electrons. The van der Waals surface area contributed by atoms with Gasteiger partial charge in [-0.25, -0.2) is 4.79 Å².